The van der Waals surface area contributed by atoms with Crippen LogP contribution in [0.25, 0.3) is 0 Å². The van der Waals surface area contributed by atoms with E-state index >= 15 is 0 Å². The molecule has 0 spiro atoms. The Morgan fingerprint density at radius 2 is 1.13 bits per heavy atom. The zero-order valence-electron chi connectivity index (χ0n) is 9.95. The summed E-state index contributed by atoms with van der Waals surface area (Å²) in [4.78, 5) is 0. The lowest BCUT2D eigenvalue weighted by Crippen LogP contribution is -2.50. The lowest BCUT2D eigenvalue weighted by atomic mass is 11.4. The first-order chi connectivity index (χ1) is 6.83. The average Bonchev–Trinajstić information content (AvgIpc) is 2.10. The zero-order valence-corrected chi connectivity index (χ0v) is 11.9. The van der Waals surface area contributed by atoms with E-state index < -0.39 is 16.6 Å². The summed E-state index contributed by atoms with van der Waals surface area (Å²) in [6.07, 6.45) is 0.943. The summed E-state index contributed by atoms with van der Waals surface area (Å²) >= 11 is 0. The number of rotatable bonds is 8. The molecule has 0 saturated carbocycles. The van der Waals surface area contributed by atoms with Crippen LogP contribution in [0.2, 0.25) is 26.2 Å². The fraction of sp³-hybridized carbons (Fsp3) is 1.00. The van der Waals surface area contributed by atoms with Gasteiger partial charge in [0.15, 0.2) is 16.6 Å². The Morgan fingerprint density at radius 1 is 0.800 bits per heavy atom. The van der Waals surface area contributed by atoms with E-state index in [1.54, 1.807) is 0 Å². The third-order valence-corrected chi connectivity index (χ3v) is 7.85. The molecule has 15 heavy (non-hydrogen) atoms. The van der Waals surface area contributed by atoms with E-state index in [4.69, 9.17) is 23.8 Å². The van der Waals surface area contributed by atoms with Crippen molar-refractivity contribution in [3.05, 3.63) is 0 Å². The van der Waals surface area contributed by atoms with Gasteiger partial charge in [-0.05, 0) is 26.2 Å². The normalized spacial score (nSPS) is 13.2. The van der Waals surface area contributed by atoms with Gasteiger partial charge in [-0.3, -0.25) is 0 Å². The van der Waals surface area contributed by atoms with Crippen LogP contribution in [-0.2, 0) is 13.6 Å². The number of aliphatic hydroxyl groups is 2. The summed E-state index contributed by atoms with van der Waals surface area (Å²) in [5.74, 6) is 0. The summed E-state index contributed by atoms with van der Waals surface area (Å²) in [6, 6.07) is 0. The van der Waals surface area contributed by atoms with Crippen molar-refractivity contribution in [1.82, 2.24) is 0 Å². The number of ether oxygens (including phenoxy) is 2. The van der Waals surface area contributed by atoms with Crippen LogP contribution in [0.4, 0.5) is 0 Å². The van der Waals surface area contributed by atoms with Crippen LogP contribution in [0, 0.1) is 0 Å². The molecule has 0 aromatic carbocycles. The Bertz CT molecular complexity index is 156. The lowest BCUT2D eigenvalue weighted by molar-refractivity contribution is 0.0117. The second-order valence-electron chi connectivity index (χ2n) is 4.58. The third kappa shape index (κ3) is 8.08. The molecular formula is C8H22O5Si2. The number of aliphatic hydroxyl groups excluding tert-OH is 2. The Kier molecular flexibility index (Phi) is 6.84. The highest BCUT2D eigenvalue weighted by atomic mass is 28.4. The predicted octanol–water partition coefficient (Wildman–Crippen LogP) is 0.424. The molecule has 7 heteroatoms. The van der Waals surface area contributed by atoms with Gasteiger partial charge in [-0.2, -0.15) is 0 Å². The molecule has 0 aliphatic rings. The number of hydrogen-bond donors (Lipinski definition) is 2. The maximum atomic E-state index is 8.57. The van der Waals surface area contributed by atoms with E-state index in [1.165, 1.54) is 0 Å². The highest BCUT2D eigenvalue weighted by molar-refractivity contribution is 6.84. The monoisotopic (exact) mass is 254 g/mol. The van der Waals surface area contributed by atoms with E-state index in [0.29, 0.717) is 12.5 Å². The summed E-state index contributed by atoms with van der Waals surface area (Å²) in [5, 5.41) is 17.1. The minimum Gasteiger partial charge on any atom is -0.453 e. The third-order valence-electron chi connectivity index (χ3n) is 1.63. The highest BCUT2D eigenvalue weighted by Crippen LogP contribution is 2.15. The van der Waals surface area contributed by atoms with Crippen molar-refractivity contribution in [2.75, 3.05) is 26.0 Å². The SMILES string of the molecule is C[Si](C)(COCO)O[Si](C)(C)COCO. The molecule has 0 radical (unpaired) electrons. The smallest absolute Gasteiger partial charge is 0.199 e. The molecule has 0 amide bonds. The van der Waals surface area contributed by atoms with Gasteiger partial charge in [-0.25, -0.2) is 0 Å². The van der Waals surface area contributed by atoms with Gasteiger partial charge in [0.25, 0.3) is 0 Å². The van der Waals surface area contributed by atoms with Gasteiger partial charge >= 0.3 is 0 Å². The second-order valence-corrected chi connectivity index (χ2v) is 13.0. The molecular weight excluding hydrogens is 232 g/mol. The molecule has 0 unspecified atom stereocenters. The molecule has 0 aliphatic heterocycles. The Morgan fingerprint density at radius 3 is 1.40 bits per heavy atom. The first-order valence-corrected chi connectivity index (χ1v) is 11.1. The average molecular weight is 254 g/mol. The Hall–Kier alpha value is 0.234. The summed E-state index contributed by atoms with van der Waals surface area (Å²) < 4.78 is 16.0. The van der Waals surface area contributed by atoms with Crippen LogP contribution in [0.5, 0.6) is 0 Å². The first-order valence-electron chi connectivity index (χ1n) is 4.90. The summed E-state index contributed by atoms with van der Waals surface area (Å²) in [5.41, 5.74) is 0. The molecule has 2 N–H and O–H groups in total. The quantitative estimate of drug-likeness (QED) is 0.485. The van der Waals surface area contributed by atoms with Gasteiger partial charge in [0.1, 0.15) is 13.6 Å². The molecule has 0 aliphatic carbocycles. The minimum atomic E-state index is -1.89. The van der Waals surface area contributed by atoms with Crippen molar-refractivity contribution in [2.45, 2.75) is 26.2 Å². The van der Waals surface area contributed by atoms with Gasteiger partial charge in [-0.15, -0.1) is 0 Å². The van der Waals surface area contributed by atoms with Crippen molar-refractivity contribution in [3.63, 3.8) is 0 Å². The summed E-state index contributed by atoms with van der Waals surface area (Å²) in [7, 11) is -3.78. The Labute approximate surface area is 93.2 Å². The molecule has 0 aromatic rings. The molecule has 5 nitrogen and oxygen atoms in total. The van der Waals surface area contributed by atoms with Gasteiger partial charge in [0, 0.05) is 0 Å². The van der Waals surface area contributed by atoms with Crippen LogP contribution in [0.3, 0.4) is 0 Å². The number of hydrogen-bond acceptors (Lipinski definition) is 5. The van der Waals surface area contributed by atoms with Gasteiger partial charge in [0.2, 0.25) is 0 Å². The summed E-state index contributed by atoms with van der Waals surface area (Å²) in [6.45, 7) is 7.61. The largest absolute Gasteiger partial charge is 0.453 e. The predicted molar refractivity (Wildman–Crippen MR) is 62.1 cm³/mol. The molecule has 0 saturated heterocycles. The Balaban J connectivity index is 4.04. The first kappa shape index (κ1) is 15.2. The van der Waals surface area contributed by atoms with Gasteiger partial charge in [-0.1, -0.05) is 0 Å². The lowest BCUT2D eigenvalue weighted by Gasteiger charge is -2.33. The van der Waals surface area contributed by atoms with Crippen molar-refractivity contribution in [1.29, 1.82) is 0 Å². The van der Waals surface area contributed by atoms with Crippen LogP contribution in [0.1, 0.15) is 0 Å². The van der Waals surface area contributed by atoms with Gasteiger partial charge < -0.3 is 23.8 Å². The van der Waals surface area contributed by atoms with E-state index in [1.807, 2.05) is 26.2 Å². The molecule has 0 rings (SSSR count). The second kappa shape index (κ2) is 6.74. The molecule has 0 bridgehead atoms. The maximum absolute atomic E-state index is 8.57. The van der Waals surface area contributed by atoms with Gasteiger partial charge in [0.05, 0.1) is 12.5 Å². The fourth-order valence-electron chi connectivity index (χ4n) is 1.39. The molecule has 0 atom stereocenters. The molecule has 0 fully saturated rings. The van der Waals surface area contributed by atoms with Crippen LogP contribution < -0.4 is 0 Å². The highest BCUT2D eigenvalue weighted by Gasteiger charge is 2.33. The molecule has 92 valence electrons. The van der Waals surface area contributed by atoms with E-state index in [-0.39, 0.29) is 13.6 Å². The van der Waals surface area contributed by atoms with Crippen LogP contribution >= 0.6 is 0 Å². The zero-order chi connectivity index (χ0) is 11.9. The standard InChI is InChI=1S/C8H22O5Si2/c1-14(2,7-11-5-9)13-15(3,4)8-12-6-10/h9-10H,5-8H2,1-4H3. The topological polar surface area (TPSA) is 68.2 Å². The molecule has 0 aromatic heterocycles. The van der Waals surface area contributed by atoms with E-state index in [2.05, 4.69) is 0 Å². The van der Waals surface area contributed by atoms with Crippen LogP contribution in [-0.4, -0.2) is 52.9 Å². The fourth-order valence-corrected chi connectivity index (χ4v) is 9.01. The van der Waals surface area contributed by atoms with Crippen molar-refractivity contribution < 1.29 is 23.8 Å². The van der Waals surface area contributed by atoms with Crippen molar-refractivity contribution >= 4 is 16.6 Å². The minimum absolute atomic E-state index is 0.269. The van der Waals surface area contributed by atoms with Crippen molar-refractivity contribution in [2.24, 2.45) is 0 Å². The maximum Gasteiger partial charge on any atom is 0.199 e. The van der Waals surface area contributed by atoms with Crippen molar-refractivity contribution in [3.8, 4) is 0 Å². The van der Waals surface area contributed by atoms with E-state index in [0.717, 1.165) is 0 Å². The van der Waals surface area contributed by atoms with Crippen LogP contribution in [0.15, 0.2) is 0 Å². The van der Waals surface area contributed by atoms with E-state index in [9.17, 15) is 0 Å². The molecule has 0 heterocycles.